The predicted molar refractivity (Wildman–Crippen MR) is 75.6 cm³/mol. The van der Waals surface area contributed by atoms with Gasteiger partial charge in [-0.1, -0.05) is 0 Å². The monoisotopic (exact) mass is 263 g/mol. The van der Waals surface area contributed by atoms with E-state index in [1.165, 1.54) is 25.0 Å². The molecule has 1 aromatic carbocycles. The first-order chi connectivity index (χ1) is 9.12. The van der Waals surface area contributed by atoms with Gasteiger partial charge in [0.05, 0.1) is 5.54 Å². The van der Waals surface area contributed by atoms with Crippen LogP contribution in [0.25, 0.3) is 0 Å². The Hall–Kier alpha value is -1.13. The Balaban J connectivity index is 1.74. The van der Waals surface area contributed by atoms with Gasteiger partial charge in [-0.05, 0) is 50.5 Å². The smallest absolute Gasteiger partial charge is 0.123 e. The number of nitrogens with two attached hydrogens (primary N) is 1. The summed E-state index contributed by atoms with van der Waals surface area (Å²) >= 11 is 0. The van der Waals surface area contributed by atoms with Crippen LogP contribution in [-0.4, -0.2) is 35.6 Å². The molecule has 3 nitrogen and oxygen atoms in total. The van der Waals surface area contributed by atoms with Crippen LogP contribution in [0.2, 0.25) is 0 Å². The third-order valence-electron chi connectivity index (χ3n) is 4.40. The first kappa shape index (κ1) is 12.9. The van der Waals surface area contributed by atoms with E-state index in [0.717, 1.165) is 24.7 Å². The molecular formula is C15H22FN3. The zero-order valence-corrected chi connectivity index (χ0v) is 11.4. The van der Waals surface area contributed by atoms with Crippen molar-refractivity contribution in [2.75, 3.05) is 18.4 Å². The number of hydrogen-bond acceptors (Lipinski definition) is 3. The number of anilines is 1. The molecule has 3 N–H and O–H groups in total. The molecule has 1 saturated heterocycles. The highest BCUT2D eigenvalue weighted by molar-refractivity contribution is 5.46. The standard InChI is InChI=1S/C15H22FN3/c1-11-8-15(9-17,10-19(11)14-6-7-14)18-13-4-2-12(16)3-5-13/h2-5,11,14,18H,6-10,17H2,1H3. The molecule has 1 saturated carbocycles. The van der Waals surface area contributed by atoms with Gasteiger partial charge >= 0.3 is 0 Å². The summed E-state index contributed by atoms with van der Waals surface area (Å²) in [6.07, 6.45) is 3.69. The molecule has 0 radical (unpaired) electrons. The third-order valence-corrected chi connectivity index (χ3v) is 4.40. The summed E-state index contributed by atoms with van der Waals surface area (Å²) in [5, 5.41) is 3.54. The topological polar surface area (TPSA) is 41.3 Å². The van der Waals surface area contributed by atoms with Gasteiger partial charge in [-0.15, -0.1) is 0 Å². The number of benzene rings is 1. The molecule has 3 rings (SSSR count). The van der Waals surface area contributed by atoms with E-state index >= 15 is 0 Å². The number of nitrogens with one attached hydrogen (secondary N) is 1. The van der Waals surface area contributed by atoms with Gasteiger partial charge in [-0.25, -0.2) is 4.39 Å². The number of hydrogen-bond donors (Lipinski definition) is 2. The zero-order chi connectivity index (χ0) is 13.5. The van der Waals surface area contributed by atoms with Crippen molar-refractivity contribution in [2.24, 2.45) is 5.73 Å². The fourth-order valence-electron chi connectivity index (χ4n) is 3.28. The van der Waals surface area contributed by atoms with Crippen LogP contribution in [0, 0.1) is 5.82 Å². The predicted octanol–water partition coefficient (Wildman–Crippen LogP) is 2.19. The van der Waals surface area contributed by atoms with Crippen molar-refractivity contribution < 1.29 is 4.39 Å². The maximum Gasteiger partial charge on any atom is 0.123 e. The van der Waals surface area contributed by atoms with E-state index in [9.17, 15) is 4.39 Å². The summed E-state index contributed by atoms with van der Waals surface area (Å²) in [7, 11) is 0. The highest BCUT2D eigenvalue weighted by atomic mass is 19.1. The summed E-state index contributed by atoms with van der Waals surface area (Å²) in [6, 6.07) is 7.89. The van der Waals surface area contributed by atoms with Crippen molar-refractivity contribution in [2.45, 2.75) is 43.8 Å². The maximum atomic E-state index is 13.0. The number of halogens is 1. The van der Waals surface area contributed by atoms with Crippen LogP contribution in [0.3, 0.4) is 0 Å². The lowest BCUT2D eigenvalue weighted by Crippen LogP contribution is -2.48. The molecule has 0 amide bonds. The molecule has 1 aliphatic carbocycles. The summed E-state index contributed by atoms with van der Waals surface area (Å²) < 4.78 is 13.0. The SMILES string of the molecule is CC1CC(CN)(Nc2ccc(F)cc2)CN1C1CC1. The van der Waals surface area contributed by atoms with E-state index in [1.807, 2.05) is 0 Å². The van der Waals surface area contributed by atoms with Crippen molar-refractivity contribution >= 4 is 5.69 Å². The molecule has 2 atom stereocenters. The summed E-state index contributed by atoms with van der Waals surface area (Å²) in [4.78, 5) is 2.57. The Morgan fingerprint density at radius 1 is 1.37 bits per heavy atom. The Morgan fingerprint density at radius 3 is 2.63 bits per heavy atom. The molecule has 2 aliphatic rings. The molecule has 0 spiro atoms. The third kappa shape index (κ3) is 2.60. The van der Waals surface area contributed by atoms with Crippen LogP contribution in [0.15, 0.2) is 24.3 Å². The molecule has 19 heavy (non-hydrogen) atoms. The van der Waals surface area contributed by atoms with Gasteiger partial charge < -0.3 is 11.1 Å². The summed E-state index contributed by atoms with van der Waals surface area (Å²) in [5.41, 5.74) is 6.91. The van der Waals surface area contributed by atoms with E-state index in [4.69, 9.17) is 5.73 Å². The van der Waals surface area contributed by atoms with Crippen LogP contribution in [0.4, 0.5) is 10.1 Å². The van der Waals surface area contributed by atoms with Crippen molar-refractivity contribution in [3.63, 3.8) is 0 Å². The molecule has 2 fully saturated rings. The molecule has 4 heteroatoms. The number of nitrogens with zero attached hydrogens (tertiary/aromatic N) is 1. The Morgan fingerprint density at radius 2 is 2.05 bits per heavy atom. The first-order valence-corrected chi connectivity index (χ1v) is 7.11. The van der Waals surface area contributed by atoms with Gasteiger partial charge in [0.2, 0.25) is 0 Å². The lowest BCUT2D eigenvalue weighted by atomic mass is 9.96. The van der Waals surface area contributed by atoms with Gasteiger partial charge in [0.25, 0.3) is 0 Å². The Bertz CT molecular complexity index is 443. The minimum Gasteiger partial charge on any atom is -0.377 e. The van der Waals surface area contributed by atoms with Crippen molar-refractivity contribution in [1.82, 2.24) is 4.90 Å². The second kappa shape index (κ2) is 4.76. The summed E-state index contributed by atoms with van der Waals surface area (Å²) in [5.74, 6) is -0.202. The minimum absolute atomic E-state index is 0.0696. The van der Waals surface area contributed by atoms with E-state index in [2.05, 4.69) is 17.1 Å². The highest BCUT2D eigenvalue weighted by Crippen LogP contribution is 2.38. The first-order valence-electron chi connectivity index (χ1n) is 7.11. The van der Waals surface area contributed by atoms with Crippen LogP contribution in [0.1, 0.15) is 26.2 Å². The number of rotatable bonds is 4. The molecule has 1 heterocycles. The largest absolute Gasteiger partial charge is 0.377 e. The zero-order valence-electron chi connectivity index (χ0n) is 11.4. The van der Waals surface area contributed by atoms with Crippen LogP contribution in [0.5, 0.6) is 0 Å². The quantitative estimate of drug-likeness (QED) is 0.875. The van der Waals surface area contributed by atoms with Gasteiger partial charge in [0.15, 0.2) is 0 Å². The fraction of sp³-hybridized carbons (Fsp3) is 0.600. The molecule has 2 unspecified atom stereocenters. The maximum absolute atomic E-state index is 13.0. The van der Waals surface area contributed by atoms with Crippen LogP contribution in [-0.2, 0) is 0 Å². The lowest BCUT2D eigenvalue weighted by Gasteiger charge is -2.30. The van der Waals surface area contributed by atoms with Crippen molar-refractivity contribution in [1.29, 1.82) is 0 Å². The summed E-state index contributed by atoms with van der Waals surface area (Å²) in [6.45, 7) is 3.88. The Labute approximate surface area is 114 Å². The van der Waals surface area contributed by atoms with E-state index < -0.39 is 0 Å². The van der Waals surface area contributed by atoms with Crippen LogP contribution >= 0.6 is 0 Å². The molecule has 0 bridgehead atoms. The molecule has 1 aromatic rings. The van der Waals surface area contributed by atoms with Crippen molar-refractivity contribution in [3.8, 4) is 0 Å². The van der Waals surface area contributed by atoms with E-state index in [1.54, 1.807) is 12.1 Å². The second-order valence-electron chi connectivity index (χ2n) is 6.07. The highest BCUT2D eigenvalue weighted by Gasteiger charge is 2.46. The van der Waals surface area contributed by atoms with Gasteiger partial charge in [0, 0.05) is 30.9 Å². The molecule has 0 aromatic heterocycles. The second-order valence-corrected chi connectivity index (χ2v) is 6.07. The minimum atomic E-state index is -0.202. The van der Waals surface area contributed by atoms with Crippen LogP contribution < -0.4 is 11.1 Å². The molecule has 1 aliphatic heterocycles. The average Bonchev–Trinajstić information content (AvgIpc) is 3.18. The Kier molecular flexibility index (Phi) is 3.23. The average molecular weight is 263 g/mol. The molecular weight excluding hydrogens is 241 g/mol. The lowest BCUT2D eigenvalue weighted by molar-refractivity contribution is 0.252. The fourth-order valence-corrected chi connectivity index (χ4v) is 3.28. The normalized spacial score (nSPS) is 31.6. The van der Waals surface area contributed by atoms with Crippen molar-refractivity contribution in [3.05, 3.63) is 30.1 Å². The molecule has 104 valence electrons. The van der Waals surface area contributed by atoms with E-state index in [0.29, 0.717) is 12.6 Å². The van der Waals surface area contributed by atoms with Gasteiger partial charge in [-0.2, -0.15) is 0 Å². The van der Waals surface area contributed by atoms with Gasteiger partial charge in [-0.3, -0.25) is 4.90 Å². The van der Waals surface area contributed by atoms with Gasteiger partial charge in [0.1, 0.15) is 5.82 Å². The number of likely N-dealkylation sites (tertiary alicyclic amines) is 1. The van der Waals surface area contributed by atoms with E-state index in [-0.39, 0.29) is 11.4 Å².